The first kappa shape index (κ1) is 24.7. The molecule has 9 nitrogen and oxygen atoms in total. The number of ketones is 1. The third-order valence-corrected chi connectivity index (χ3v) is 7.06. The molecule has 2 aliphatic rings. The Balaban J connectivity index is 1.33. The van der Waals surface area contributed by atoms with Gasteiger partial charge in [-0.15, -0.1) is 0 Å². The highest BCUT2D eigenvalue weighted by molar-refractivity contribution is 5.98. The van der Waals surface area contributed by atoms with Crippen LogP contribution in [0.25, 0.3) is 10.9 Å². The van der Waals surface area contributed by atoms with Gasteiger partial charge >= 0.3 is 6.18 Å². The number of piperidine rings is 1. The number of carbonyl (C=O) groups excluding carboxylic acids is 3. The lowest BCUT2D eigenvalue weighted by atomic mass is 9.85. The minimum Gasteiger partial charge on any atom is -0.339 e. The van der Waals surface area contributed by atoms with E-state index in [2.05, 4.69) is 15.2 Å². The highest BCUT2D eigenvalue weighted by Gasteiger charge is 2.54. The van der Waals surface area contributed by atoms with Gasteiger partial charge in [0.05, 0.1) is 37.5 Å². The molecular weight excluding hydrogens is 489 g/mol. The second kappa shape index (κ2) is 9.49. The van der Waals surface area contributed by atoms with Gasteiger partial charge < -0.3 is 14.7 Å². The fourth-order valence-electron chi connectivity index (χ4n) is 5.10. The number of alkyl halides is 3. The van der Waals surface area contributed by atoms with Gasteiger partial charge in [0.2, 0.25) is 5.91 Å². The van der Waals surface area contributed by atoms with Gasteiger partial charge in [0.15, 0.2) is 5.78 Å². The summed E-state index contributed by atoms with van der Waals surface area (Å²) in [5, 5.41) is 7.50. The van der Waals surface area contributed by atoms with Crippen molar-refractivity contribution in [2.45, 2.75) is 37.4 Å². The summed E-state index contributed by atoms with van der Waals surface area (Å²) in [5.74, 6) is -1.19. The first-order valence-corrected chi connectivity index (χ1v) is 12.0. The Labute approximate surface area is 210 Å². The molecule has 12 heteroatoms. The third kappa shape index (κ3) is 4.87. The van der Waals surface area contributed by atoms with Crippen molar-refractivity contribution in [1.82, 2.24) is 25.0 Å². The number of hydrogen-bond acceptors (Lipinski definition) is 6. The predicted molar refractivity (Wildman–Crippen MR) is 128 cm³/mol. The Bertz CT molecular complexity index is 1320. The lowest BCUT2D eigenvalue weighted by Crippen LogP contribution is -2.57. The number of halogens is 3. The maximum absolute atomic E-state index is 13.6. The number of aromatic nitrogens is 3. The van der Waals surface area contributed by atoms with Crippen molar-refractivity contribution in [2.75, 3.05) is 31.2 Å². The fraction of sp³-hybridized carbons (Fsp3) is 0.400. The van der Waals surface area contributed by atoms with Crippen molar-refractivity contribution < 1.29 is 27.6 Å². The number of Topliss-reactive ketones (excluding diaryl/α,β-unsaturated/α-hetero) is 1. The number of hydrogen-bond donors (Lipinski definition) is 1. The molecule has 0 atom stereocenters. The molecule has 2 aliphatic heterocycles. The van der Waals surface area contributed by atoms with E-state index in [9.17, 15) is 27.6 Å². The molecule has 2 fully saturated rings. The summed E-state index contributed by atoms with van der Waals surface area (Å²) in [6, 6.07) is 10.9. The van der Waals surface area contributed by atoms with Gasteiger partial charge in [0.1, 0.15) is 11.2 Å². The van der Waals surface area contributed by atoms with Crippen LogP contribution in [0.1, 0.15) is 36.2 Å². The van der Waals surface area contributed by atoms with Crippen molar-refractivity contribution in [3.63, 3.8) is 0 Å². The number of nitrogens with zero attached hydrogens (tertiary/aromatic N) is 5. The lowest BCUT2D eigenvalue weighted by molar-refractivity contribution is -0.145. The molecule has 2 amide bonds. The fourth-order valence-corrected chi connectivity index (χ4v) is 5.10. The van der Waals surface area contributed by atoms with Crippen molar-refractivity contribution in [3.8, 4) is 0 Å². The minimum absolute atomic E-state index is 0.0905. The summed E-state index contributed by atoms with van der Waals surface area (Å²) < 4.78 is 37.7. The van der Waals surface area contributed by atoms with Gasteiger partial charge in [0.25, 0.3) is 5.91 Å². The lowest BCUT2D eigenvalue weighted by Gasteiger charge is -2.43. The van der Waals surface area contributed by atoms with E-state index in [1.165, 1.54) is 4.90 Å². The Morgan fingerprint density at radius 3 is 2.51 bits per heavy atom. The van der Waals surface area contributed by atoms with Crippen molar-refractivity contribution >= 4 is 34.2 Å². The molecule has 1 spiro atoms. The number of pyridine rings is 1. The average Bonchev–Trinajstić information content (AvgIpc) is 3.46. The van der Waals surface area contributed by atoms with Gasteiger partial charge in [-0.1, -0.05) is 18.2 Å². The van der Waals surface area contributed by atoms with E-state index in [0.717, 1.165) is 11.1 Å². The largest absolute Gasteiger partial charge is 0.389 e. The molecule has 0 bridgehead atoms. The molecule has 2 saturated heterocycles. The van der Waals surface area contributed by atoms with Gasteiger partial charge in [-0.25, -0.2) is 4.98 Å². The van der Waals surface area contributed by atoms with Crippen LogP contribution in [0.15, 0.2) is 48.8 Å². The van der Waals surface area contributed by atoms with Crippen molar-refractivity contribution in [1.29, 1.82) is 0 Å². The van der Waals surface area contributed by atoms with E-state index in [1.807, 2.05) is 35.2 Å². The quantitative estimate of drug-likeness (QED) is 0.542. The van der Waals surface area contributed by atoms with E-state index in [4.69, 9.17) is 0 Å². The summed E-state index contributed by atoms with van der Waals surface area (Å²) in [5.41, 5.74) is 0.770. The SMILES string of the molecule is O=C(CCC(F)(F)F)CN1CN(c2ccccc2)C2(CCN(C(=O)c3cc4cn[nH]c4cn3)CC2)C1=O. The first-order chi connectivity index (χ1) is 17.7. The average molecular weight is 515 g/mol. The summed E-state index contributed by atoms with van der Waals surface area (Å²) >= 11 is 0. The zero-order valence-electron chi connectivity index (χ0n) is 19.9. The van der Waals surface area contributed by atoms with Gasteiger partial charge in [-0.05, 0) is 31.0 Å². The normalized spacial score (nSPS) is 17.7. The first-order valence-electron chi connectivity index (χ1n) is 12.0. The van der Waals surface area contributed by atoms with Crippen LogP contribution < -0.4 is 4.90 Å². The molecule has 37 heavy (non-hydrogen) atoms. The number of para-hydroxylation sites is 1. The zero-order valence-corrected chi connectivity index (χ0v) is 19.9. The minimum atomic E-state index is -4.43. The number of H-pyrrole nitrogens is 1. The third-order valence-electron chi connectivity index (χ3n) is 7.06. The number of carbonyl (C=O) groups is 3. The molecule has 0 saturated carbocycles. The molecule has 3 aromatic rings. The van der Waals surface area contributed by atoms with Crippen LogP contribution in [0.3, 0.4) is 0 Å². The maximum Gasteiger partial charge on any atom is 0.389 e. The number of rotatable bonds is 6. The van der Waals surface area contributed by atoms with Crippen LogP contribution in [0, 0.1) is 0 Å². The number of amides is 2. The van der Waals surface area contributed by atoms with Gasteiger partial charge in [0, 0.05) is 30.6 Å². The Kier molecular flexibility index (Phi) is 6.34. The zero-order chi connectivity index (χ0) is 26.2. The number of likely N-dealkylation sites (tertiary alicyclic amines) is 1. The van der Waals surface area contributed by atoms with E-state index in [1.54, 1.807) is 23.4 Å². The van der Waals surface area contributed by atoms with Gasteiger partial charge in [-0.2, -0.15) is 18.3 Å². The smallest absolute Gasteiger partial charge is 0.339 e. The number of nitrogens with one attached hydrogen (secondary N) is 1. The number of anilines is 1. The molecule has 194 valence electrons. The Hall–Kier alpha value is -3.96. The summed E-state index contributed by atoms with van der Waals surface area (Å²) in [6.07, 6.45) is -2.52. The van der Waals surface area contributed by atoms with Crippen LogP contribution in [0.5, 0.6) is 0 Å². The summed E-state index contributed by atoms with van der Waals surface area (Å²) in [4.78, 5) is 48.2. The van der Waals surface area contributed by atoms with E-state index in [-0.39, 0.29) is 43.8 Å². The Morgan fingerprint density at radius 1 is 1.08 bits per heavy atom. The van der Waals surface area contributed by atoms with E-state index >= 15 is 0 Å². The van der Waals surface area contributed by atoms with Crippen LogP contribution >= 0.6 is 0 Å². The molecule has 0 aliphatic carbocycles. The van der Waals surface area contributed by atoms with Crippen LogP contribution in [0.2, 0.25) is 0 Å². The maximum atomic E-state index is 13.6. The monoisotopic (exact) mass is 514 g/mol. The summed E-state index contributed by atoms with van der Waals surface area (Å²) in [6.45, 7) is 0.286. The van der Waals surface area contributed by atoms with Crippen molar-refractivity contribution in [3.05, 3.63) is 54.5 Å². The predicted octanol–water partition coefficient (Wildman–Crippen LogP) is 3.15. The highest BCUT2D eigenvalue weighted by atomic mass is 19.4. The van der Waals surface area contributed by atoms with Crippen LogP contribution in [0.4, 0.5) is 18.9 Å². The molecule has 1 aromatic carbocycles. The Morgan fingerprint density at radius 2 is 1.81 bits per heavy atom. The molecular formula is C25H25F3N6O3. The van der Waals surface area contributed by atoms with Gasteiger partial charge in [-0.3, -0.25) is 19.5 Å². The molecule has 1 N–H and O–H groups in total. The second-order valence-electron chi connectivity index (χ2n) is 9.41. The van der Waals surface area contributed by atoms with E-state index in [0.29, 0.717) is 18.4 Å². The standard InChI is InChI=1S/C25H25F3N6O3/c26-25(27,28)7-6-19(35)15-33-16-34(18-4-2-1-3-5-18)24(23(33)37)8-10-32(11-9-24)22(36)20-12-17-13-30-31-21(17)14-29-20/h1-5,12-14H,6-11,15-16H2,(H,30,31). The van der Waals surface area contributed by atoms with Crippen LogP contribution in [-0.2, 0) is 9.59 Å². The van der Waals surface area contributed by atoms with Crippen LogP contribution in [-0.4, -0.2) is 80.6 Å². The number of fused-ring (bicyclic) bond motifs is 1. The number of benzene rings is 1. The molecule has 2 aromatic heterocycles. The van der Waals surface area contributed by atoms with E-state index < -0.39 is 30.3 Å². The number of aromatic amines is 1. The molecule has 5 rings (SSSR count). The summed E-state index contributed by atoms with van der Waals surface area (Å²) in [7, 11) is 0. The van der Waals surface area contributed by atoms with Crippen molar-refractivity contribution in [2.24, 2.45) is 0 Å². The molecule has 0 radical (unpaired) electrons. The highest BCUT2D eigenvalue weighted by Crippen LogP contribution is 2.39. The molecule has 0 unspecified atom stereocenters. The topological polar surface area (TPSA) is 102 Å². The molecule has 4 heterocycles. The second-order valence-corrected chi connectivity index (χ2v) is 9.41.